The predicted molar refractivity (Wildman–Crippen MR) is 43.6 cm³/mol. The van der Waals surface area contributed by atoms with Gasteiger partial charge in [-0.05, 0) is 12.8 Å². The number of rotatable bonds is 2. The van der Waals surface area contributed by atoms with Gasteiger partial charge in [-0.1, -0.05) is 0 Å². The van der Waals surface area contributed by atoms with Crippen LogP contribution in [0.1, 0.15) is 30.1 Å². The lowest BCUT2D eigenvalue weighted by Gasteiger charge is -1.96. The Morgan fingerprint density at radius 1 is 1.36 bits per heavy atom. The number of alkyl halides is 1. The lowest BCUT2D eigenvalue weighted by molar-refractivity contribution is 0.915. The monoisotopic (exact) mass is 168 g/mol. The van der Waals surface area contributed by atoms with Crippen LogP contribution in [-0.4, -0.2) is 9.97 Å². The Morgan fingerprint density at radius 3 is 2.45 bits per heavy atom. The first-order valence-corrected chi connectivity index (χ1v) is 4.30. The van der Waals surface area contributed by atoms with E-state index in [1.54, 1.807) is 0 Å². The highest BCUT2D eigenvalue weighted by Crippen LogP contribution is 2.37. The summed E-state index contributed by atoms with van der Waals surface area (Å²) in [6, 6.07) is 0. The van der Waals surface area contributed by atoms with Crippen molar-refractivity contribution in [2.45, 2.75) is 24.6 Å². The minimum Gasteiger partial charge on any atom is -0.241 e. The molecule has 1 saturated carbocycles. The molecule has 2 nitrogen and oxygen atoms in total. The molecule has 0 aliphatic heterocycles. The molecule has 11 heavy (non-hydrogen) atoms. The lowest BCUT2D eigenvalue weighted by atomic mass is 10.3. The van der Waals surface area contributed by atoms with Gasteiger partial charge in [0.2, 0.25) is 0 Å². The van der Waals surface area contributed by atoms with Crippen LogP contribution in [0.3, 0.4) is 0 Å². The molecule has 1 aromatic rings. The molecule has 3 heteroatoms. The summed E-state index contributed by atoms with van der Waals surface area (Å²) in [6.45, 7) is 0. The quantitative estimate of drug-likeness (QED) is 0.632. The SMILES string of the molecule is ClCc1cnc(C2CC2)nc1. The molecular formula is C8H9ClN2. The van der Waals surface area contributed by atoms with Gasteiger partial charge in [-0.15, -0.1) is 11.6 Å². The summed E-state index contributed by atoms with van der Waals surface area (Å²) in [5.74, 6) is 2.13. The Hall–Kier alpha value is -0.630. The van der Waals surface area contributed by atoms with Crippen molar-refractivity contribution in [1.82, 2.24) is 9.97 Å². The minimum atomic E-state index is 0.505. The first-order chi connectivity index (χ1) is 5.40. The minimum absolute atomic E-state index is 0.505. The van der Waals surface area contributed by atoms with Gasteiger partial charge in [0.1, 0.15) is 5.82 Å². The summed E-state index contributed by atoms with van der Waals surface area (Å²) in [4.78, 5) is 8.43. The van der Waals surface area contributed by atoms with E-state index in [-0.39, 0.29) is 0 Å². The second kappa shape index (κ2) is 2.78. The third-order valence-corrected chi connectivity index (χ3v) is 2.13. The molecule has 1 aliphatic carbocycles. The van der Waals surface area contributed by atoms with Crippen molar-refractivity contribution in [2.24, 2.45) is 0 Å². The molecule has 1 aromatic heterocycles. The first kappa shape index (κ1) is 7.04. The van der Waals surface area contributed by atoms with Gasteiger partial charge in [0.25, 0.3) is 0 Å². The molecule has 0 spiro atoms. The normalized spacial score (nSPS) is 16.8. The van der Waals surface area contributed by atoms with Gasteiger partial charge in [-0.2, -0.15) is 0 Å². The number of nitrogens with zero attached hydrogens (tertiary/aromatic N) is 2. The Kier molecular flexibility index (Phi) is 1.78. The zero-order chi connectivity index (χ0) is 7.68. The topological polar surface area (TPSA) is 25.8 Å². The third kappa shape index (κ3) is 1.51. The highest BCUT2D eigenvalue weighted by atomic mass is 35.5. The van der Waals surface area contributed by atoms with Gasteiger partial charge in [-0.25, -0.2) is 9.97 Å². The Morgan fingerprint density at radius 2 is 2.00 bits per heavy atom. The van der Waals surface area contributed by atoms with E-state index < -0.39 is 0 Å². The molecule has 1 aliphatic rings. The molecule has 0 saturated heterocycles. The average molecular weight is 169 g/mol. The van der Waals surface area contributed by atoms with E-state index in [0.29, 0.717) is 11.8 Å². The zero-order valence-corrected chi connectivity index (χ0v) is 6.88. The Bertz CT molecular complexity index is 241. The molecule has 2 rings (SSSR count). The summed E-state index contributed by atoms with van der Waals surface area (Å²) >= 11 is 5.59. The van der Waals surface area contributed by atoms with Crippen molar-refractivity contribution < 1.29 is 0 Å². The number of hydrogen-bond acceptors (Lipinski definition) is 2. The van der Waals surface area contributed by atoms with Gasteiger partial charge in [-0.3, -0.25) is 0 Å². The smallest absolute Gasteiger partial charge is 0.131 e. The highest BCUT2D eigenvalue weighted by Gasteiger charge is 2.25. The van der Waals surface area contributed by atoms with Gasteiger partial charge in [0.15, 0.2) is 0 Å². The van der Waals surface area contributed by atoms with Crippen LogP contribution in [0.15, 0.2) is 12.4 Å². The predicted octanol–water partition coefficient (Wildman–Crippen LogP) is 2.09. The van der Waals surface area contributed by atoms with Crippen molar-refractivity contribution in [2.75, 3.05) is 0 Å². The standard InChI is InChI=1S/C8H9ClN2/c9-3-6-4-10-8(11-5-6)7-1-2-7/h4-5,7H,1-3H2. The highest BCUT2D eigenvalue weighted by molar-refractivity contribution is 6.17. The van der Waals surface area contributed by atoms with Crippen LogP contribution in [0.25, 0.3) is 0 Å². The Balaban J connectivity index is 2.19. The fourth-order valence-electron chi connectivity index (χ4n) is 0.986. The molecule has 1 fully saturated rings. The molecule has 1 heterocycles. The van der Waals surface area contributed by atoms with Crippen LogP contribution in [0.5, 0.6) is 0 Å². The van der Waals surface area contributed by atoms with Crippen molar-refractivity contribution in [3.8, 4) is 0 Å². The van der Waals surface area contributed by atoms with E-state index in [4.69, 9.17) is 11.6 Å². The van der Waals surface area contributed by atoms with E-state index >= 15 is 0 Å². The lowest BCUT2D eigenvalue weighted by Crippen LogP contribution is -1.92. The molecule has 0 bridgehead atoms. The van der Waals surface area contributed by atoms with Gasteiger partial charge in [0.05, 0.1) is 5.88 Å². The second-order valence-corrected chi connectivity index (χ2v) is 3.12. The molecule has 58 valence electrons. The molecular weight excluding hydrogens is 160 g/mol. The van der Waals surface area contributed by atoms with Gasteiger partial charge in [0, 0.05) is 23.9 Å². The van der Waals surface area contributed by atoms with E-state index in [2.05, 4.69) is 9.97 Å². The zero-order valence-electron chi connectivity index (χ0n) is 6.13. The van der Waals surface area contributed by atoms with Crippen molar-refractivity contribution in [1.29, 1.82) is 0 Å². The summed E-state index contributed by atoms with van der Waals surface area (Å²) in [7, 11) is 0. The molecule has 0 radical (unpaired) electrons. The number of hydrogen-bond donors (Lipinski definition) is 0. The van der Waals surface area contributed by atoms with Crippen LogP contribution in [0, 0.1) is 0 Å². The van der Waals surface area contributed by atoms with Crippen LogP contribution in [0.4, 0.5) is 0 Å². The van der Waals surface area contributed by atoms with Gasteiger partial charge < -0.3 is 0 Å². The van der Waals surface area contributed by atoms with Crippen LogP contribution in [0.2, 0.25) is 0 Å². The summed E-state index contributed by atoms with van der Waals surface area (Å²) in [5, 5.41) is 0. The number of aromatic nitrogens is 2. The van der Waals surface area contributed by atoms with Crippen LogP contribution in [-0.2, 0) is 5.88 Å². The van der Waals surface area contributed by atoms with E-state index in [1.165, 1.54) is 12.8 Å². The molecule has 0 N–H and O–H groups in total. The summed E-state index contributed by atoms with van der Waals surface area (Å²) in [6.07, 6.45) is 6.13. The van der Waals surface area contributed by atoms with Crippen molar-refractivity contribution in [3.05, 3.63) is 23.8 Å². The van der Waals surface area contributed by atoms with Crippen LogP contribution >= 0.6 is 11.6 Å². The third-order valence-electron chi connectivity index (χ3n) is 1.82. The molecule has 0 aromatic carbocycles. The summed E-state index contributed by atoms with van der Waals surface area (Å²) < 4.78 is 0. The summed E-state index contributed by atoms with van der Waals surface area (Å²) in [5.41, 5.74) is 0.996. The Labute approximate surface area is 70.6 Å². The molecule has 0 amide bonds. The fraction of sp³-hybridized carbons (Fsp3) is 0.500. The maximum atomic E-state index is 5.59. The number of halogens is 1. The maximum absolute atomic E-state index is 5.59. The van der Waals surface area contributed by atoms with E-state index in [1.807, 2.05) is 12.4 Å². The van der Waals surface area contributed by atoms with Crippen molar-refractivity contribution in [3.63, 3.8) is 0 Å². The van der Waals surface area contributed by atoms with Gasteiger partial charge >= 0.3 is 0 Å². The molecule has 0 atom stereocenters. The van der Waals surface area contributed by atoms with Crippen LogP contribution < -0.4 is 0 Å². The maximum Gasteiger partial charge on any atom is 0.131 e. The second-order valence-electron chi connectivity index (χ2n) is 2.86. The average Bonchev–Trinajstić information content (AvgIpc) is 2.87. The van der Waals surface area contributed by atoms with E-state index in [9.17, 15) is 0 Å². The first-order valence-electron chi connectivity index (χ1n) is 3.77. The fourth-order valence-corrected chi connectivity index (χ4v) is 1.12. The van der Waals surface area contributed by atoms with Crippen molar-refractivity contribution >= 4 is 11.6 Å². The van der Waals surface area contributed by atoms with E-state index in [0.717, 1.165) is 11.4 Å². The molecule has 0 unspecified atom stereocenters. The largest absolute Gasteiger partial charge is 0.241 e.